The van der Waals surface area contributed by atoms with Gasteiger partial charge in [0.15, 0.2) is 0 Å². The molecule has 0 saturated heterocycles. The van der Waals surface area contributed by atoms with Crippen LogP contribution in [-0.4, -0.2) is 15.3 Å². The Morgan fingerprint density at radius 3 is 2.59 bits per heavy atom. The second-order valence-electron chi connectivity index (χ2n) is 5.31. The summed E-state index contributed by atoms with van der Waals surface area (Å²) in [5, 5.41) is 0. The zero-order valence-electron chi connectivity index (χ0n) is 10.7. The molecule has 1 rings (SSSR count). The molecular formula is C12H19IN2OS. The third kappa shape index (κ3) is 3.71. The quantitative estimate of drug-likeness (QED) is 0.660. The minimum Gasteiger partial charge on any atom is -0.296 e. The molecule has 0 spiro atoms. The molecule has 1 heterocycles. The molecule has 5 heteroatoms. The molecule has 0 saturated carbocycles. The van der Waals surface area contributed by atoms with E-state index in [9.17, 15) is 4.79 Å². The molecule has 0 N–H and O–H groups in total. The van der Waals surface area contributed by atoms with Crippen LogP contribution in [0.5, 0.6) is 0 Å². The number of hydrogen-bond acceptors (Lipinski definition) is 3. The number of halogens is 1. The van der Waals surface area contributed by atoms with Crippen molar-refractivity contribution in [3.05, 3.63) is 25.9 Å². The van der Waals surface area contributed by atoms with Crippen molar-refractivity contribution in [3.63, 3.8) is 0 Å². The number of aryl methyl sites for hydroxylation is 1. The predicted molar refractivity (Wildman–Crippen MR) is 82.7 cm³/mol. The van der Waals surface area contributed by atoms with E-state index in [0.717, 1.165) is 11.6 Å². The van der Waals surface area contributed by atoms with Gasteiger partial charge in [0.1, 0.15) is 5.82 Å². The van der Waals surface area contributed by atoms with Crippen molar-refractivity contribution in [2.45, 2.75) is 34.2 Å². The first-order valence-electron chi connectivity index (χ1n) is 5.60. The number of aromatic nitrogens is 2. The van der Waals surface area contributed by atoms with Crippen molar-refractivity contribution < 1.29 is 0 Å². The lowest BCUT2D eigenvalue weighted by atomic mass is 9.82. The van der Waals surface area contributed by atoms with E-state index in [1.165, 1.54) is 0 Å². The van der Waals surface area contributed by atoms with Crippen molar-refractivity contribution in [1.82, 2.24) is 9.55 Å². The van der Waals surface area contributed by atoms with E-state index in [4.69, 9.17) is 0 Å². The highest BCUT2D eigenvalue weighted by Crippen LogP contribution is 2.28. The zero-order valence-corrected chi connectivity index (χ0v) is 13.7. The summed E-state index contributed by atoms with van der Waals surface area (Å²) in [5.74, 6) is 1.88. The number of nitrogens with zero attached hydrogens (tertiary/aromatic N) is 2. The van der Waals surface area contributed by atoms with Crippen molar-refractivity contribution in [1.29, 1.82) is 0 Å². The zero-order chi connectivity index (χ0) is 13.2. The fourth-order valence-electron chi connectivity index (χ4n) is 1.59. The molecular weight excluding hydrogens is 347 g/mol. The molecule has 17 heavy (non-hydrogen) atoms. The van der Waals surface area contributed by atoms with Crippen LogP contribution in [0.2, 0.25) is 0 Å². The van der Waals surface area contributed by atoms with Crippen LogP contribution in [0.1, 0.15) is 26.6 Å². The van der Waals surface area contributed by atoms with Gasteiger partial charge in [-0.3, -0.25) is 9.36 Å². The highest BCUT2D eigenvalue weighted by molar-refractivity contribution is 14.1. The van der Waals surface area contributed by atoms with Crippen molar-refractivity contribution in [3.8, 4) is 0 Å². The average molecular weight is 366 g/mol. The summed E-state index contributed by atoms with van der Waals surface area (Å²) < 4.78 is 2.42. The summed E-state index contributed by atoms with van der Waals surface area (Å²) in [7, 11) is 0. The number of thiol groups is 1. The third-order valence-electron chi connectivity index (χ3n) is 3.05. The standard InChI is InChI=1S/C12H19IN2OS/c1-8-14-5-10(13)11(16)15(8)6-9(7-17)12(2,3)4/h5,9,17H,6-7H2,1-4H3. The van der Waals surface area contributed by atoms with E-state index in [0.29, 0.717) is 16.0 Å². The molecule has 96 valence electrons. The molecule has 1 atom stereocenters. The summed E-state index contributed by atoms with van der Waals surface area (Å²) in [5.41, 5.74) is 0.184. The number of rotatable bonds is 3. The van der Waals surface area contributed by atoms with Crippen LogP contribution in [0.25, 0.3) is 0 Å². The maximum absolute atomic E-state index is 12.1. The van der Waals surface area contributed by atoms with E-state index < -0.39 is 0 Å². The topological polar surface area (TPSA) is 34.9 Å². The van der Waals surface area contributed by atoms with Crippen LogP contribution >= 0.6 is 35.2 Å². The van der Waals surface area contributed by atoms with Gasteiger partial charge >= 0.3 is 0 Å². The molecule has 3 nitrogen and oxygen atoms in total. The highest BCUT2D eigenvalue weighted by Gasteiger charge is 2.24. The lowest BCUT2D eigenvalue weighted by Crippen LogP contribution is -2.34. The van der Waals surface area contributed by atoms with Gasteiger partial charge in [0.25, 0.3) is 5.56 Å². The van der Waals surface area contributed by atoms with Gasteiger partial charge in [-0.2, -0.15) is 12.6 Å². The molecule has 1 aromatic rings. The van der Waals surface area contributed by atoms with Gasteiger partial charge in [0.05, 0.1) is 3.57 Å². The normalized spacial score (nSPS) is 13.8. The minimum absolute atomic E-state index is 0.0501. The molecule has 0 aromatic carbocycles. The first-order valence-corrected chi connectivity index (χ1v) is 7.31. The van der Waals surface area contributed by atoms with Gasteiger partial charge in [-0.1, -0.05) is 20.8 Å². The van der Waals surface area contributed by atoms with Crippen LogP contribution in [0.3, 0.4) is 0 Å². The smallest absolute Gasteiger partial charge is 0.266 e. The molecule has 1 aromatic heterocycles. The van der Waals surface area contributed by atoms with Crippen LogP contribution in [0.15, 0.2) is 11.0 Å². The van der Waals surface area contributed by atoms with Gasteiger partial charge in [-0.25, -0.2) is 4.98 Å². The molecule has 0 amide bonds. The summed E-state index contributed by atoms with van der Waals surface area (Å²) in [4.78, 5) is 16.3. The van der Waals surface area contributed by atoms with Crippen molar-refractivity contribution in [2.75, 3.05) is 5.75 Å². The summed E-state index contributed by atoms with van der Waals surface area (Å²) >= 11 is 6.43. The van der Waals surface area contributed by atoms with Gasteiger partial charge in [-0.05, 0) is 46.6 Å². The van der Waals surface area contributed by atoms with Crippen LogP contribution < -0.4 is 5.56 Å². The van der Waals surface area contributed by atoms with E-state index in [-0.39, 0.29) is 11.0 Å². The second kappa shape index (κ2) is 5.73. The summed E-state index contributed by atoms with van der Waals surface area (Å²) in [6.07, 6.45) is 1.63. The maximum Gasteiger partial charge on any atom is 0.266 e. The van der Waals surface area contributed by atoms with Gasteiger partial charge < -0.3 is 0 Å². The Morgan fingerprint density at radius 1 is 1.53 bits per heavy atom. The van der Waals surface area contributed by atoms with Crippen LogP contribution in [-0.2, 0) is 6.54 Å². The van der Waals surface area contributed by atoms with E-state index in [1.807, 2.05) is 29.5 Å². The predicted octanol–water partition coefficient (Wildman–Crippen LogP) is 2.75. The highest BCUT2D eigenvalue weighted by atomic mass is 127. The van der Waals surface area contributed by atoms with Crippen molar-refractivity contribution in [2.24, 2.45) is 11.3 Å². The lowest BCUT2D eigenvalue weighted by Gasteiger charge is -2.30. The van der Waals surface area contributed by atoms with Gasteiger partial charge in [-0.15, -0.1) is 0 Å². The Morgan fingerprint density at radius 2 is 2.12 bits per heavy atom. The fourth-order valence-corrected chi connectivity index (χ4v) is 2.69. The Bertz CT molecular complexity index is 451. The molecule has 0 radical (unpaired) electrons. The SMILES string of the molecule is Cc1ncc(I)c(=O)n1CC(CS)C(C)(C)C. The fraction of sp³-hybridized carbons (Fsp3) is 0.667. The Kier molecular flexibility index (Phi) is 5.07. The molecule has 1 unspecified atom stereocenters. The van der Waals surface area contributed by atoms with Crippen LogP contribution in [0, 0.1) is 21.8 Å². The largest absolute Gasteiger partial charge is 0.296 e. The molecule has 0 fully saturated rings. The molecule has 0 aliphatic carbocycles. The maximum atomic E-state index is 12.1. The molecule has 0 aliphatic heterocycles. The van der Waals surface area contributed by atoms with Crippen LogP contribution in [0.4, 0.5) is 0 Å². The third-order valence-corrected chi connectivity index (χ3v) is 4.23. The lowest BCUT2D eigenvalue weighted by molar-refractivity contribution is 0.234. The van der Waals surface area contributed by atoms with Crippen molar-refractivity contribution >= 4 is 35.2 Å². The number of hydrogen-bond donors (Lipinski definition) is 1. The average Bonchev–Trinajstić information content (AvgIpc) is 2.22. The second-order valence-corrected chi connectivity index (χ2v) is 6.84. The van der Waals surface area contributed by atoms with Gasteiger partial charge in [0, 0.05) is 12.7 Å². The van der Waals surface area contributed by atoms with Gasteiger partial charge in [0.2, 0.25) is 0 Å². The van der Waals surface area contributed by atoms with E-state index >= 15 is 0 Å². The Hall–Kier alpha value is -0.0400. The first kappa shape index (κ1) is 15.0. The first-order chi connectivity index (χ1) is 7.77. The van der Waals surface area contributed by atoms with E-state index in [2.05, 4.69) is 38.4 Å². The Labute approximate surface area is 122 Å². The monoisotopic (exact) mass is 366 g/mol. The summed E-state index contributed by atoms with van der Waals surface area (Å²) in [6.45, 7) is 9.08. The summed E-state index contributed by atoms with van der Waals surface area (Å²) in [6, 6.07) is 0. The minimum atomic E-state index is 0.0501. The molecule has 0 bridgehead atoms. The van der Waals surface area contributed by atoms with E-state index in [1.54, 1.807) is 10.8 Å². The molecule has 0 aliphatic rings. The Balaban J connectivity index is 3.11.